The molecule has 1 aromatic heterocycles. The number of benzene rings is 2. The van der Waals surface area contributed by atoms with Gasteiger partial charge in [-0.3, -0.25) is 9.69 Å². The van der Waals surface area contributed by atoms with Crippen LogP contribution in [0.25, 0.3) is 10.9 Å². The van der Waals surface area contributed by atoms with Crippen molar-refractivity contribution in [3.05, 3.63) is 53.7 Å². The maximum Gasteiger partial charge on any atom is 0.316 e. The van der Waals surface area contributed by atoms with Crippen molar-refractivity contribution in [2.45, 2.75) is 12.3 Å². The Balaban J connectivity index is 1.37. The van der Waals surface area contributed by atoms with Crippen LogP contribution in [0.5, 0.6) is 11.8 Å². The molecule has 0 spiro atoms. The predicted octanol–water partition coefficient (Wildman–Crippen LogP) is 2.82. The summed E-state index contributed by atoms with van der Waals surface area (Å²) >= 11 is 0. The summed E-state index contributed by atoms with van der Waals surface area (Å²) in [4.78, 5) is 24.2. The third-order valence-corrected chi connectivity index (χ3v) is 5.92. The fourth-order valence-corrected chi connectivity index (χ4v) is 4.30. The average molecular weight is 434 g/mol. The summed E-state index contributed by atoms with van der Waals surface area (Å²) < 4.78 is 16.7. The van der Waals surface area contributed by atoms with E-state index in [-0.39, 0.29) is 11.9 Å². The highest BCUT2D eigenvalue weighted by Gasteiger charge is 2.34. The number of anilines is 1. The molecular weight excluding hydrogens is 408 g/mol. The summed E-state index contributed by atoms with van der Waals surface area (Å²) in [7, 11) is 1.53. The van der Waals surface area contributed by atoms with Crippen molar-refractivity contribution >= 4 is 22.5 Å². The molecule has 2 aliphatic heterocycles. The van der Waals surface area contributed by atoms with E-state index in [0.29, 0.717) is 17.8 Å². The lowest BCUT2D eigenvalue weighted by Crippen LogP contribution is -2.37. The highest BCUT2D eigenvalue weighted by molar-refractivity contribution is 6.06. The standard InChI is InChI=1S/C24H26N4O4/c1-30-24-26-20-15-16(32-12-4-9-28-10-13-31-14-11-28)7-8-18(20)22(27-24)21-17-5-2-3-6-19(17)25-23(21)29/h2-3,5-8,15,21H,4,9-14H2,1H3,(H,25,29). The molecule has 32 heavy (non-hydrogen) atoms. The molecule has 1 unspecified atom stereocenters. The van der Waals surface area contributed by atoms with E-state index >= 15 is 0 Å². The third-order valence-electron chi connectivity index (χ3n) is 5.92. The maximum absolute atomic E-state index is 12.8. The smallest absolute Gasteiger partial charge is 0.316 e. The minimum atomic E-state index is -0.508. The van der Waals surface area contributed by atoms with Crippen LogP contribution < -0.4 is 14.8 Å². The Morgan fingerprint density at radius 3 is 2.84 bits per heavy atom. The molecule has 1 N–H and O–H groups in total. The molecular formula is C24H26N4O4. The van der Waals surface area contributed by atoms with Gasteiger partial charge in [-0.2, -0.15) is 9.97 Å². The van der Waals surface area contributed by atoms with E-state index in [2.05, 4.69) is 20.2 Å². The Morgan fingerprint density at radius 2 is 2.00 bits per heavy atom. The minimum Gasteiger partial charge on any atom is -0.493 e. The Labute approximate surface area is 186 Å². The Hall–Kier alpha value is -3.23. The Kier molecular flexibility index (Phi) is 5.87. The zero-order valence-corrected chi connectivity index (χ0v) is 18.0. The molecule has 3 aromatic rings. The zero-order valence-electron chi connectivity index (χ0n) is 18.0. The quantitative estimate of drug-likeness (QED) is 0.572. The van der Waals surface area contributed by atoms with Gasteiger partial charge in [-0.1, -0.05) is 18.2 Å². The van der Waals surface area contributed by atoms with E-state index < -0.39 is 5.92 Å². The Morgan fingerprint density at radius 1 is 1.16 bits per heavy atom. The molecule has 3 heterocycles. The molecule has 1 amide bonds. The van der Waals surface area contributed by atoms with E-state index in [1.165, 1.54) is 7.11 Å². The lowest BCUT2D eigenvalue weighted by atomic mass is 9.94. The lowest BCUT2D eigenvalue weighted by molar-refractivity contribution is -0.116. The van der Waals surface area contributed by atoms with Gasteiger partial charge < -0.3 is 19.5 Å². The summed E-state index contributed by atoms with van der Waals surface area (Å²) in [5, 5.41) is 3.75. The first-order valence-corrected chi connectivity index (χ1v) is 10.9. The normalized spacial score (nSPS) is 18.4. The largest absolute Gasteiger partial charge is 0.493 e. The molecule has 1 atom stereocenters. The van der Waals surface area contributed by atoms with Crippen molar-refractivity contribution in [1.29, 1.82) is 0 Å². The average Bonchev–Trinajstić information content (AvgIpc) is 3.17. The van der Waals surface area contributed by atoms with Gasteiger partial charge in [0.2, 0.25) is 5.91 Å². The summed E-state index contributed by atoms with van der Waals surface area (Å²) in [6.45, 7) is 5.18. The van der Waals surface area contributed by atoms with Crippen LogP contribution in [-0.2, 0) is 9.53 Å². The number of morpholine rings is 1. The monoisotopic (exact) mass is 434 g/mol. The number of para-hydroxylation sites is 1. The first-order valence-electron chi connectivity index (χ1n) is 10.9. The van der Waals surface area contributed by atoms with Crippen LogP contribution in [0.3, 0.4) is 0 Å². The molecule has 8 nitrogen and oxygen atoms in total. The van der Waals surface area contributed by atoms with Crippen LogP contribution in [0.1, 0.15) is 23.6 Å². The number of carbonyl (C=O) groups excluding carboxylic acids is 1. The number of nitrogens with zero attached hydrogens (tertiary/aromatic N) is 3. The van der Waals surface area contributed by atoms with Gasteiger partial charge >= 0.3 is 6.01 Å². The van der Waals surface area contributed by atoms with Crippen molar-refractivity contribution in [1.82, 2.24) is 14.9 Å². The van der Waals surface area contributed by atoms with Crippen LogP contribution in [0.15, 0.2) is 42.5 Å². The molecule has 0 bridgehead atoms. The van der Waals surface area contributed by atoms with Gasteiger partial charge in [-0.05, 0) is 30.2 Å². The number of carbonyl (C=O) groups is 1. The van der Waals surface area contributed by atoms with Crippen LogP contribution in [0, 0.1) is 0 Å². The molecule has 2 aliphatic rings. The van der Waals surface area contributed by atoms with Gasteiger partial charge in [0.1, 0.15) is 11.7 Å². The summed E-state index contributed by atoms with van der Waals surface area (Å²) in [6.07, 6.45) is 0.940. The number of ether oxygens (including phenoxy) is 3. The van der Waals surface area contributed by atoms with Crippen molar-refractivity contribution in [2.75, 3.05) is 51.9 Å². The first kappa shape index (κ1) is 20.7. The molecule has 0 saturated carbocycles. The minimum absolute atomic E-state index is 0.100. The van der Waals surface area contributed by atoms with E-state index in [4.69, 9.17) is 14.2 Å². The molecule has 8 heteroatoms. The molecule has 166 valence electrons. The molecule has 0 radical (unpaired) electrons. The molecule has 1 fully saturated rings. The van der Waals surface area contributed by atoms with Crippen molar-refractivity contribution in [2.24, 2.45) is 0 Å². The lowest BCUT2D eigenvalue weighted by Gasteiger charge is -2.26. The third kappa shape index (κ3) is 4.11. The number of nitrogens with one attached hydrogen (secondary N) is 1. The van der Waals surface area contributed by atoms with Crippen LogP contribution in [0.2, 0.25) is 0 Å². The van der Waals surface area contributed by atoms with Gasteiger partial charge in [0, 0.05) is 36.8 Å². The summed E-state index contributed by atoms with van der Waals surface area (Å²) in [5.74, 6) is 0.130. The second kappa shape index (κ2) is 9.10. The topological polar surface area (TPSA) is 85.8 Å². The van der Waals surface area contributed by atoms with E-state index in [9.17, 15) is 4.79 Å². The molecule has 1 saturated heterocycles. The fraction of sp³-hybridized carbons (Fsp3) is 0.375. The summed E-state index contributed by atoms with van der Waals surface area (Å²) in [6, 6.07) is 13.6. The summed E-state index contributed by atoms with van der Waals surface area (Å²) in [5.41, 5.74) is 3.04. The predicted molar refractivity (Wildman–Crippen MR) is 120 cm³/mol. The van der Waals surface area contributed by atoms with E-state index in [0.717, 1.165) is 61.7 Å². The number of aromatic nitrogens is 2. The fourth-order valence-electron chi connectivity index (χ4n) is 4.30. The zero-order chi connectivity index (χ0) is 21.9. The second-order valence-electron chi connectivity index (χ2n) is 7.94. The number of hydrogen-bond acceptors (Lipinski definition) is 7. The number of hydrogen-bond donors (Lipinski definition) is 1. The van der Waals surface area contributed by atoms with Crippen molar-refractivity contribution in [3.8, 4) is 11.8 Å². The number of amides is 1. The van der Waals surface area contributed by atoms with Crippen molar-refractivity contribution < 1.29 is 19.0 Å². The maximum atomic E-state index is 12.8. The SMILES string of the molecule is COc1nc(C2C(=O)Nc3ccccc32)c2ccc(OCCCN3CCOCC3)cc2n1. The Bertz CT molecular complexity index is 1130. The number of rotatable bonds is 7. The van der Waals surface area contributed by atoms with Gasteiger partial charge in [0.05, 0.1) is 38.1 Å². The van der Waals surface area contributed by atoms with Crippen LogP contribution in [-0.4, -0.2) is 67.3 Å². The van der Waals surface area contributed by atoms with Crippen molar-refractivity contribution in [3.63, 3.8) is 0 Å². The van der Waals surface area contributed by atoms with Crippen LogP contribution >= 0.6 is 0 Å². The second-order valence-corrected chi connectivity index (χ2v) is 7.94. The molecule has 5 rings (SSSR count). The number of methoxy groups -OCH3 is 1. The first-order chi connectivity index (χ1) is 15.7. The van der Waals surface area contributed by atoms with E-state index in [1.807, 2.05) is 42.5 Å². The van der Waals surface area contributed by atoms with Gasteiger partial charge in [0.25, 0.3) is 0 Å². The van der Waals surface area contributed by atoms with Crippen LogP contribution in [0.4, 0.5) is 5.69 Å². The highest BCUT2D eigenvalue weighted by atomic mass is 16.5. The number of fused-ring (bicyclic) bond motifs is 2. The van der Waals surface area contributed by atoms with E-state index in [1.54, 1.807) is 0 Å². The van der Waals surface area contributed by atoms with Gasteiger partial charge in [-0.15, -0.1) is 0 Å². The highest BCUT2D eigenvalue weighted by Crippen LogP contribution is 2.39. The molecule has 2 aromatic carbocycles. The molecule has 0 aliphatic carbocycles. The van der Waals surface area contributed by atoms with Gasteiger partial charge in [0.15, 0.2) is 0 Å². The van der Waals surface area contributed by atoms with Gasteiger partial charge in [-0.25, -0.2) is 0 Å².